The summed E-state index contributed by atoms with van der Waals surface area (Å²) in [6.45, 7) is 2.63. The molecular weight excluding hydrogens is 320 g/mol. The summed E-state index contributed by atoms with van der Waals surface area (Å²) < 4.78 is 10.5. The lowest BCUT2D eigenvalue weighted by Gasteiger charge is -2.29. The Kier molecular flexibility index (Phi) is 5.58. The lowest BCUT2D eigenvalue weighted by molar-refractivity contribution is -0.111. The summed E-state index contributed by atoms with van der Waals surface area (Å²) in [4.78, 5) is 22.8. The van der Waals surface area contributed by atoms with Crippen molar-refractivity contribution < 1.29 is 14.3 Å². The molecule has 0 unspecified atom stereocenters. The Morgan fingerprint density at radius 2 is 2.04 bits per heavy atom. The van der Waals surface area contributed by atoms with Gasteiger partial charge in [-0.15, -0.1) is 0 Å². The van der Waals surface area contributed by atoms with Crippen LogP contribution in [0.4, 0.5) is 11.5 Å². The van der Waals surface area contributed by atoms with Crippen molar-refractivity contribution in [2.24, 2.45) is 0 Å². The highest BCUT2D eigenvalue weighted by molar-refractivity contribution is 6.03. The molecule has 1 N–H and O–H groups in total. The summed E-state index contributed by atoms with van der Waals surface area (Å²) >= 11 is 0. The number of amides is 1. The highest BCUT2D eigenvalue weighted by atomic mass is 16.5. The lowest BCUT2D eigenvalue weighted by Crippen LogP contribution is -2.37. The smallest absolute Gasteiger partial charge is 0.318 e. The number of nitrogens with one attached hydrogen (secondary N) is 1. The Labute approximate surface area is 146 Å². The molecule has 0 saturated carbocycles. The van der Waals surface area contributed by atoms with E-state index in [1.54, 1.807) is 12.3 Å². The topological polar surface area (TPSA) is 76.6 Å². The van der Waals surface area contributed by atoms with E-state index in [1.807, 2.05) is 35.2 Å². The molecule has 1 amide bonds. The first-order valence-corrected chi connectivity index (χ1v) is 8.04. The second kappa shape index (κ2) is 8.25. The molecule has 1 aromatic carbocycles. The summed E-state index contributed by atoms with van der Waals surface area (Å²) in [5.41, 5.74) is 1.50. The standard InChI is InChI=1S/C18H20N4O3/c1-24-18-19-13-15(17(21-18)22-9-11-25-12-10-22)20-16(23)8-7-14-5-3-2-4-6-14/h2-8,13H,9-12H2,1H3,(H,20,23). The van der Waals surface area contributed by atoms with Gasteiger partial charge in [0.2, 0.25) is 5.91 Å². The van der Waals surface area contributed by atoms with E-state index in [9.17, 15) is 4.79 Å². The third kappa shape index (κ3) is 4.54. The number of anilines is 2. The van der Waals surface area contributed by atoms with Crippen LogP contribution < -0.4 is 15.0 Å². The highest BCUT2D eigenvalue weighted by Gasteiger charge is 2.18. The van der Waals surface area contributed by atoms with Gasteiger partial charge < -0.3 is 19.7 Å². The third-order valence-electron chi connectivity index (χ3n) is 3.72. The molecule has 1 aromatic heterocycles. The number of morpholine rings is 1. The quantitative estimate of drug-likeness (QED) is 0.839. The van der Waals surface area contributed by atoms with Crippen molar-refractivity contribution in [3.63, 3.8) is 0 Å². The van der Waals surface area contributed by atoms with Crippen LogP contribution >= 0.6 is 0 Å². The van der Waals surface area contributed by atoms with Crippen LogP contribution in [0.3, 0.4) is 0 Å². The summed E-state index contributed by atoms with van der Waals surface area (Å²) in [6.07, 6.45) is 4.81. The van der Waals surface area contributed by atoms with Crippen LogP contribution in [0.15, 0.2) is 42.6 Å². The summed E-state index contributed by atoms with van der Waals surface area (Å²) in [7, 11) is 1.51. The van der Waals surface area contributed by atoms with Gasteiger partial charge in [0.05, 0.1) is 26.5 Å². The molecule has 2 heterocycles. The fourth-order valence-electron chi connectivity index (χ4n) is 2.47. The first kappa shape index (κ1) is 16.9. The van der Waals surface area contributed by atoms with Crippen LogP contribution in [0, 0.1) is 0 Å². The molecule has 0 radical (unpaired) electrons. The van der Waals surface area contributed by atoms with Crippen LogP contribution in [0.25, 0.3) is 6.08 Å². The fraction of sp³-hybridized carbons (Fsp3) is 0.278. The number of hydrogen-bond acceptors (Lipinski definition) is 6. The first-order valence-electron chi connectivity index (χ1n) is 8.04. The number of hydrogen-bond donors (Lipinski definition) is 1. The van der Waals surface area contributed by atoms with Crippen molar-refractivity contribution in [2.75, 3.05) is 43.6 Å². The maximum Gasteiger partial charge on any atom is 0.318 e. The Balaban J connectivity index is 1.76. The van der Waals surface area contributed by atoms with Gasteiger partial charge in [-0.3, -0.25) is 4.79 Å². The molecule has 3 rings (SSSR count). The average Bonchev–Trinajstić information content (AvgIpc) is 2.68. The SMILES string of the molecule is COc1ncc(NC(=O)C=Cc2ccccc2)c(N2CCOCC2)n1. The Bertz CT molecular complexity index is 743. The second-order valence-corrected chi connectivity index (χ2v) is 5.43. The van der Waals surface area contributed by atoms with Crippen molar-refractivity contribution >= 4 is 23.5 Å². The zero-order chi connectivity index (χ0) is 17.5. The zero-order valence-corrected chi connectivity index (χ0v) is 14.0. The minimum Gasteiger partial charge on any atom is -0.467 e. The van der Waals surface area contributed by atoms with Gasteiger partial charge in [-0.05, 0) is 11.6 Å². The summed E-state index contributed by atoms with van der Waals surface area (Å²) in [6, 6.07) is 9.90. The van der Waals surface area contributed by atoms with Gasteiger partial charge in [-0.2, -0.15) is 4.98 Å². The molecule has 1 aliphatic heterocycles. The predicted octanol–water partition coefficient (Wildman–Crippen LogP) is 1.97. The summed E-state index contributed by atoms with van der Waals surface area (Å²) in [5.74, 6) is 0.392. The van der Waals surface area contributed by atoms with Gasteiger partial charge in [0.25, 0.3) is 0 Å². The van der Waals surface area contributed by atoms with Crippen molar-refractivity contribution in [3.8, 4) is 6.01 Å². The van der Waals surface area contributed by atoms with Gasteiger partial charge in [-0.25, -0.2) is 4.98 Å². The monoisotopic (exact) mass is 340 g/mol. The van der Waals surface area contributed by atoms with Crippen LogP contribution in [0.5, 0.6) is 6.01 Å². The maximum absolute atomic E-state index is 12.2. The Morgan fingerprint density at radius 3 is 2.76 bits per heavy atom. The zero-order valence-electron chi connectivity index (χ0n) is 14.0. The number of carbonyl (C=O) groups excluding carboxylic acids is 1. The molecule has 0 atom stereocenters. The van der Waals surface area contributed by atoms with Crippen molar-refractivity contribution in [2.45, 2.75) is 0 Å². The van der Waals surface area contributed by atoms with E-state index in [0.717, 1.165) is 5.56 Å². The van der Waals surface area contributed by atoms with E-state index in [0.29, 0.717) is 37.8 Å². The highest BCUT2D eigenvalue weighted by Crippen LogP contribution is 2.25. The molecule has 2 aromatic rings. The normalized spacial score (nSPS) is 14.5. The van der Waals surface area contributed by atoms with Crippen LogP contribution in [0.2, 0.25) is 0 Å². The number of ether oxygens (including phenoxy) is 2. The average molecular weight is 340 g/mol. The van der Waals surface area contributed by atoms with Crippen molar-refractivity contribution in [3.05, 3.63) is 48.2 Å². The first-order chi connectivity index (χ1) is 12.3. The van der Waals surface area contributed by atoms with E-state index in [2.05, 4.69) is 15.3 Å². The van der Waals surface area contributed by atoms with Crippen molar-refractivity contribution in [1.82, 2.24) is 9.97 Å². The van der Waals surface area contributed by atoms with Crippen molar-refractivity contribution in [1.29, 1.82) is 0 Å². The van der Waals surface area contributed by atoms with E-state index >= 15 is 0 Å². The number of nitrogens with zero attached hydrogens (tertiary/aromatic N) is 3. The number of benzene rings is 1. The van der Waals surface area contributed by atoms with E-state index in [1.165, 1.54) is 13.2 Å². The molecule has 1 saturated heterocycles. The maximum atomic E-state index is 12.2. The number of rotatable bonds is 5. The fourth-order valence-corrected chi connectivity index (χ4v) is 2.47. The van der Waals surface area contributed by atoms with E-state index < -0.39 is 0 Å². The largest absolute Gasteiger partial charge is 0.467 e. The second-order valence-electron chi connectivity index (χ2n) is 5.43. The molecule has 1 aliphatic rings. The summed E-state index contributed by atoms with van der Waals surface area (Å²) in [5, 5.41) is 2.84. The molecule has 7 nitrogen and oxygen atoms in total. The van der Waals surface area contributed by atoms with Crippen LogP contribution in [-0.4, -0.2) is 49.3 Å². The van der Waals surface area contributed by atoms with Gasteiger partial charge in [0.15, 0.2) is 5.82 Å². The van der Waals surface area contributed by atoms with Gasteiger partial charge in [0, 0.05) is 19.2 Å². The molecule has 130 valence electrons. The molecule has 7 heteroatoms. The number of methoxy groups -OCH3 is 1. The molecule has 0 bridgehead atoms. The van der Waals surface area contributed by atoms with Gasteiger partial charge in [-0.1, -0.05) is 30.3 Å². The minimum atomic E-state index is -0.243. The molecule has 25 heavy (non-hydrogen) atoms. The third-order valence-corrected chi connectivity index (χ3v) is 3.72. The number of aromatic nitrogens is 2. The number of carbonyl (C=O) groups is 1. The molecular formula is C18H20N4O3. The predicted molar refractivity (Wildman–Crippen MR) is 95.7 cm³/mol. The lowest BCUT2D eigenvalue weighted by atomic mass is 10.2. The molecule has 0 spiro atoms. The van der Waals surface area contributed by atoms with Crippen LogP contribution in [0.1, 0.15) is 5.56 Å². The van der Waals surface area contributed by atoms with E-state index in [-0.39, 0.29) is 11.9 Å². The Morgan fingerprint density at radius 1 is 1.28 bits per heavy atom. The van der Waals surface area contributed by atoms with Gasteiger partial charge >= 0.3 is 6.01 Å². The van der Waals surface area contributed by atoms with Gasteiger partial charge in [0.1, 0.15) is 5.69 Å². The van der Waals surface area contributed by atoms with Crippen LogP contribution in [-0.2, 0) is 9.53 Å². The minimum absolute atomic E-state index is 0.243. The molecule has 0 aliphatic carbocycles. The molecule has 1 fully saturated rings. The van der Waals surface area contributed by atoms with E-state index in [4.69, 9.17) is 9.47 Å². The Hall–Kier alpha value is -2.93.